The Kier molecular flexibility index (Phi) is 4.63. The minimum absolute atomic E-state index is 0.0374. The fourth-order valence-electron chi connectivity index (χ4n) is 3.81. The van der Waals surface area contributed by atoms with Crippen molar-refractivity contribution in [1.29, 1.82) is 0 Å². The SMILES string of the molecule is O=c1ccc(-c2ccncc2)nn1CC1CN(S(=O)(=O)c2ccc3c(c2)CCO3)C1. The Hall–Kier alpha value is -3.04. The monoisotopic (exact) mass is 424 g/mol. The van der Waals surface area contributed by atoms with E-state index in [9.17, 15) is 13.2 Å². The van der Waals surface area contributed by atoms with Crippen LogP contribution < -0.4 is 10.3 Å². The van der Waals surface area contributed by atoms with Crippen LogP contribution in [0.2, 0.25) is 0 Å². The Morgan fingerprint density at radius 1 is 1.07 bits per heavy atom. The number of benzene rings is 1. The van der Waals surface area contributed by atoms with E-state index in [-0.39, 0.29) is 11.5 Å². The molecule has 5 rings (SSSR count). The molecule has 1 aromatic carbocycles. The van der Waals surface area contributed by atoms with Crippen molar-refractivity contribution in [3.05, 3.63) is 70.8 Å². The average Bonchev–Trinajstić information content (AvgIpc) is 3.20. The zero-order valence-electron chi connectivity index (χ0n) is 16.1. The molecule has 0 N–H and O–H groups in total. The Morgan fingerprint density at radius 2 is 1.87 bits per heavy atom. The van der Waals surface area contributed by atoms with Crippen LogP contribution in [-0.4, -0.2) is 47.2 Å². The summed E-state index contributed by atoms with van der Waals surface area (Å²) in [6, 6.07) is 11.9. The molecule has 4 heterocycles. The molecule has 0 aliphatic carbocycles. The number of rotatable bonds is 5. The number of ether oxygens (including phenoxy) is 1. The van der Waals surface area contributed by atoms with Crippen LogP contribution in [0.25, 0.3) is 11.3 Å². The molecule has 9 heteroatoms. The minimum Gasteiger partial charge on any atom is -0.493 e. The number of fused-ring (bicyclic) bond motifs is 1. The Bertz CT molecular complexity index is 1250. The standard InChI is InChI=1S/C21H20N4O4S/c26-21-4-2-19(16-5-8-22-9-6-16)23-25(21)14-15-12-24(13-15)30(27,28)18-1-3-20-17(11-18)7-10-29-20/h1-6,8-9,11,15H,7,10,12-14H2. The molecular weight excluding hydrogens is 404 g/mol. The van der Waals surface area contributed by atoms with E-state index in [1.54, 1.807) is 36.7 Å². The molecule has 2 aliphatic rings. The van der Waals surface area contributed by atoms with Crippen LogP contribution in [0.15, 0.2) is 64.5 Å². The molecule has 30 heavy (non-hydrogen) atoms. The highest BCUT2D eigenvalue weighted by Crippen LogP contribution is 2.31. The van der Waals surface area contributed by atoms with Gasteiger partial charge in [-0.05, 0) is 42.0 Å². The van der Waals surface area contributed by atoms with E-state index in [0.29, 0.717) is 36.8 Å². The molecule has 2 aliphatic heterocycles. The topological polar surface area (TPSA) is 94.4 Å². The van der Waals surface area contributed by atoms with Gasteiger partial charge in [0.15, 0.2) is 0 Å². The van der Waals surface area contributed by atoms with Gasteiger partial charge in [0.2, 0.25) is 10.0 Å². The highest BCUT2D eigenvalue weighted by molar-refractivity contribution is 7.89. The van der Waals surface area contributed by atoms with Gasteiger partial charge in [-0.15, -0.1) is 0 Å². The Labute approximate surface area is 173 Å². The van der Waals surface area contributed by atoms with Gasteiger partial charge in [-0.25, -0.2) is 13.1 Å². The summed E-state index contributed by atoms with van der Waals surface area (Å²) in [5.74, 6) is 0.797. The second-order valence-electron chi connectivity index (χ2n) is 7.53. The molecule has 0 radical (unpaired) electrons. The molecule has 0 unspecified atom stereocenters. The molecule has 0 saturated carbocycles. The summed E-state index contributed by atoms with van der Waals surface area (Å²) in [6.07, 6.45) is 4.07. The Morgan fingerprint density at radius 3 is 2.67 bits per heavy atom. The summed E-state index contributed by atoms with van der Waals surface area (Å²) >= 11 is 0. The molecule has 0 amide bonds. The van der Waals surface area contributed by atoms with Gasteiger partial charge in [-0.3, -0.25) is 9.78 Å². The third-order valence-corrected chi connectivity index (χ3v) is 7.32. The number of hydrogen-bond donors (Lipinski definition) is 0. The van der Waals surface area contributed by atoms with Crippen LogP contribution in [0.1, 0.15) is 5.56 Å². The van der Waals surface area contributed by atoms with Crippen molar-refractivity contribution in [2.75, 3.05) is 19.7 Å². The fraction of sp³-hybridized carbons (Fsp3) is 0.286. The lowest BCUT2D eigenvalue weighted by Gasteiger charge is -2.38. The second-order valence-corrected chi connectivity index (χ2v) is 9.47. The highest BCUT2D eigenvalue weighted by Gasteiger charge is 2.37. The summed E-state index contributed by atoms with van der Waals surface area (Å²) in [5, 5.41) is 4.44. The predicted molar refractivity (Wildman–Crippen MR) is 110 cm³/mol. The molecule has 3 aromatic rings. The zero-order valence-corrected chi connectivity index (χ0v) is 17.0. The molecule has 8 nitrogen and oxygen atoms in total. The van der Waals surface area contributed by atoms with E-state index in [1.165, 1.54) is 15.1 Å². The van der Waals surface area contributed by atoms with Gasteiger partial charge in [0.25, 0.3) is 5.56 Å². The lowest BCUT2D eigenvalue weighted by atomic mass is 10.0. The lowest BCUT2D eigenvalue weighted by molar-refractivity contribution is 0.173. The summed E-state index contributed by atoms with van der Waals surface area (Å²) in [4.78, 5) is 16.5. The summed E-state index contributed by atoms with van der Waals surface area (Å²) in [5.41, 5.74) is 2.28. The molecule has 154 valence electrons. The fourth-order valence-corrected chi connectivity index (χ4v) is 5.45. The first-order valence-electron chi connectivity index (χ1n) is 9.75. The average molecular weight is 424 g/mol. The lowest BCUT2D eigenvalue weighted by Crippen LogP contribution is -2.52. The van der Waals surface area contributed by atoms with E-state index in [1.807, 2.05) is 12.1 Å². The zero-order chi connectivity index (χ0) is 20.7. The van der Waals surface area contributed by atoms with Crippen molar-refractivity contribution < 1.29 is 13.2 Å². The number of nitrogens with zero attached hydrogens (tertiary/aromatic N) is 4. The first-order chi connectivity index (χ1) is 14.5. The first-order valence-corrected chi connectivity index (χ1v) is 11.2. The summed E-state index contributed by atoms with van der Waals surface area (Å²) < 4.78 is 34.1. The van der Waals surface area contributed by atoms with E-state index in [0.717, 1.165) is 23.3 Å². The van der Waals surface area contributed by atoms with Crippen molar-refractivity contribution in [3.8, 4) is 17.0 Å². The maximum Gasteiger partial charge on any atom is 0.266 e. The van der Waals surface area contributed by atoms with Crippen LogP contribution >= 0.6 is 0 Å². The molecule has 1 fully saturated rings. The molecule has 1 saturated heterocycles. The quantitative estimate of drug-likeness (QED) is 0.617. The number of sulfonamides is 1. The van der Waals surface area contributed by atoms with Crippen molar-refractivity contribution in [3.63, 3.8) is 0 Å². The summed E-state index contributed by atoms with van der Waals surface area (Å²) in [6.45, 7) is 1.69. The highest BCUT2D eigenvalue weighted by atomic mass is 32.2. The molecular formula is C21H20N4O4S. The van der Waals surface area contributed by atoms with Gasteiger partial charge >= 0.3 is 0 Å². The van der Waals surface area contributed by atoms with Gasteiger partial charge in [-0.1, -0.05) is 0 Å². The van der Waals surface area contributed by atoms with E-state index in [4.69, 9.17) is 4.74 Å². The molecule has 2 aromatic heterocycles. The van der Waals surface area contributed by atoms with Gasteiger partial charge in [-0.2, -0.15) is 9.40 Å². The Balaban J connectivity index is 1.29. The third-order valence-electron chi connectivity index (χ3n) is 5.50. The molecule has 0 bridgehead atoms. The van der Waals surface area contributed by atoms with E-state index < -0.39 is 10.0 Å². The van der Waals surface area contributed by atoms with Crippen molar-refractivity contribution in [1.82, 2.24) is 19.1 Å². The number of aromatic nitrogens is 3. The predicted octanol–water partition coefficient (Wildman–Crippen LogP) is 1.56. The minimum atomic E-state index is -3.55. The smallest absolute Gasteiger partial charge is 0.266 e. The molecule has 0 spiro atoms. The van der Waals surface area contributed by atoms with Gasteiger partial charge in [0.1, 0.15) is 5.75 Å². The van der Waals surface area contributed by atoms with Crippen LogP contribution in [0, 0.1) is 5.92 Å². The first kappa shape index (κ1) is 19.0. The van der Waals surface area contributed by atoms with E-state index in [2.05, 4.69) is 10.1 Å². The molecule has 0 atom stereocenters. The van der Waals surface area contributed by atoms with Crippen molar-refractivity contribution >= 4 is 10.0 Å². The van der Waals surface area contributed by atoms with Crippen molar-refractivity contribution in [2.45, 2.75) is 17.9 Å². The van der Waals surface area contributed by atoms with Gasteiger partial charge in [0.05, 0.1) is 23.7 Å². The van der Waals surface area contributed by atoms with Crippen molar-refractivity contribution in [2.24, 2.45) is 5.92 Å². The normalized spacial score (nSPS) is 16.7. The summed E-state index contributed by atoms with van der Waals surface area (Å²) in [7, 11) is -3.55. The second kappa shape index (κ2) is 7.33. The van der Waals surface area contributed by atoms with Gasteiger partial charge < -0.3 is 4.74 Å². The van der Waals surface area contributed by atoms with Crippen LogP contribution in [0.5, 0.6) is 5.75 Å². The van der Waals surface area contributed by atoms with Crippen LogP contribution in [0.3, 0.4) is 0 Å². The third kappa shape index (κ3) is 3.40. The van der Waals surface area contributed by atoms with Crippen LogP contribution in [-0.2, 0) is 23.0 Å². The maximum atomic E-state index is 12.9. The van der Waals surface area contributed by atoms with Gasteiger partial charge in [0, 0.05) is 49.5 Å². The number of hydrogen-bond acceptors (Lipinski definition) is 6. The number of pyridine rings is 1. The largest absolute Gasteiger partial charge is 0.493 e. The van der Waals surface area contributed by atoms with E-state index >= 15 is 0 Å². The maximum absolute atomic E-state index is 12.9. The van der Waals surface area contributed by atoms with Crippen LogP contribution in [0.4, 0.5) is 0 Å².